The Morgan fingerprint density at radius 1 is 1.53 bits per heavy atom. The van der Waals surface area contributed by atoms with Crippen molar-refractivity contribution in [3.63, 3.8) is 0 Å². The van der Waals surface area contributed by atoms with Gasteiger partial charge in [0.25, 0.3) is 0 Å². The van der Waals surface area contributed by atoms with Crippen LogP contribution in [0.15, 0.2) is 22.8 Å². The maximum atomic E-state index is 11.8. The molecule has 0 heterocycles. The minimum absolute atomic E-state index is 0.0547. The van der Waals surface area contributed by atoms with E-state index in [0.717, 1.165) is 42.7 Å². The Bertz CT molecular complexity index is 289. The molecule has 0 aliphatic heterocycles. The van der Waals surface area contributed by atoms with Gasteiger partial charge in [0.05, 0.1) is 0 Å². The lowest BCUT2D eigenvalue weighted by Gasteiger charge is -2.23. The molecule has 0 radical (unpaired) electrons. The van der Waals surface area contributed by atoms with Crippen LogP contribution in [-0.2, 0) is 4.79 Å². The van der Waals surface area contributed by atoms with Crippen LogP contribution in [0, 0.1) is 5.92 Å². The first kappa shape index (κ1) is 12.5. The van der Waals surface area contributed by atoms with Crippen molar-refractivity contribution < 1.29 is 4.79 Å². The zero-order valence-corrected chi connectivity index (χ0v) is 10.3. The van der Waals surface area contributed by atoms with Crippen molar-refractivity contribution in [2.45, 2.75) is 46.0 Å². The van der Waals surface area contributed by atoms with Gasteiger partial charge in [0.1, 0.15) is 5.78 Å². The topological polar surface area (TPSA) is 17.1 Å². The van der Waals surface area contributed by atoms with Gasteiger partial charge in [-0.3, -0.25) is 4.79 Å². The molecule has 0 aromatic heterocycles. The van der Waals surface area contributed by atoms with E-state index in [4.69, 9.17) is 11.6 Å². The molecule has 1 nitrogen and oxygen atoms in total. The van der Waals surface area contributed by atoms with E-state index in [0.29, 0.717) is 5.78 Å². The monoisotopic (exact) mass is 226 g/mol. The first-order valence-corrected chi connectivity index (χ1v) is 6.13. The largest absolute Gasteiger partial charge is 0.299 e. The van der Waals surface area contributed by atoms with Gasteiger partial charge in [-0.15, -0.1) is 0 Å². The Kier molecular flexibility index (Phi) is 5.10. The van der Waals surface area contributed by atoms with Crippen molar-refractivity contribution in [3.8, 4) is 0 Å². The molecule has 0 amide bonds. The van der Waals surface area contributed by atoms with E-state index in [2.05, 4.69) is 6.92 Å². The number of rotatable bonds is 3. The predicted molar refractivity (Wildman–Crippen MR) is 64.9 cm³/mol. The maximum absolute atomic E-state index is 11.8. The van der Waals surface area contributed by atoms with Crippen LogP contribution in [0.1, 0.15) is 46.0 Å². The minimum Gasteiger partial charge on any atom is -0.299 e. The molecule has 0 saturated heterocycles. The Balaban J connectivity index is 2.82. The molecule has 1 unspecified atom stereocenters. The molecule has 0 spiro atoms. The highest BCUT2D eigenvalue weighted by atomic mass is 35.5. The van der Waals surface area contributed by atoms with E-state index in [9.17, 15) is 4.79 Å². The normalized spacial score (nSPS) is 24.5. The summed E-state index contributed by atoms with van der Waals surface area (Å²) in [6, 6.07) is 0. The Morgan fingerprint density at radius 2 is 2.27 bits per heavy atom. The van der Waals surface area contributed by atoms with Crippen LogP contribution >= 0.6 is 11.6 Å². The van der Waals surface area contributed by atoms with Crippen molar-refractivity contribution in [2.75, 3.05) is 0 Å². The molecule has 1 atom stereocenters. The van der Waals surface area contributed by atoms with Crippen LogP contribution in [-0.4, -0.2) is 5.78 Å². The highest BCUT2D eigenvalue weighted by Gasteiger charge is 2.26. The summed E-state index contributed by atoms with van der Waals surface area (Å²) >= 11 is 6.19. The van der Waals surface area contributed by atoms with Crippen LogP contribution in [0.3, 0.4) is 0 Å². The third kappa shape index (κ3) is 3.20. The van der Waals surface area contributed by atoms with Gasteiger partial charge in [0.2, 0.25) is 0 Å². The van der Waals surface area contributed by atoms with Crippen LogP contribution < -0.4 is 0 Å². The lowest BCUT2D eigenvalue weighted by atomic mass is 9.82. The third-order valence-corrected chi connectivity index (χ3v) is 3.27. The van der Waals surface area contributed by atoms with E-state index in [1.54, 1.807) is 0 Å². The zero-order valence-electron chi connectivity index (χ0n) is 9.55. The Labute approximate surface area is 97.2 Å². The zero-order chi connectivity index (χ0) is 11.3. The second-order valence-corrected chi connectivity index (χ2v) is 4.38. The molecule has 0 aromatic rings. The SMILES string of the molecule is C/C=C(\C(Cl)=C/CC)C1CCCCC1=O. The summed E-state index contributed by atoms with van der Waals surface area (Å²) in [4.78, 5) is 11.8. The Hall–Kier alpha value is -0.560. The molecule has 1 fully saturated rings. The summed E-state index contributed by atoms with van der Waals surface area (Å²) < 4.78 is 0. The molecule has 1 rings (SSSR count). The fourth-order valence-corrected chi connectivity index (χ4v) is 2.51. The van der Waals surface area contributed by atoms with Crippen molar-refractivity contribution in [3.05, 3.63) is 22.8 Å². The quantitative estimate of drug-likeness (QED) is 0.659. The molecule has 0 aromatic carbocycles. The summed E-state index contributed by atoms with van der Waals surface area (Å²) in [6.45, 7) is 4.02. The smallest absolute Gasteiger partial charge is 0.140 e. The molecule has 1 saturated carbocycles. The minimum atomic E-state index is 0.0547. The summed E-state index contributed by atoms with van der Waals surface area (Å²) in [5, 5.41) is 0.764. The lowest BCUT2D eigenvalue weighted by Crippen LogP contribution is -2.21. The van der Waals surface area contributed by atoms with Gasteiger partial charge >= 0.3 is 0 Å². The molecule has 1 aliphatic rings. The van der Waals surface area contributed by atoms with Crippen molar-refractivity contribution in [1.82, 2.24) is 0 Å². The average Bonchev–Trinajstić information content (AvgIpc) is 2.22. The summed E-state index contributed by atoms with van der Waals surface area (Å²) in [6.07, 6.45) is 8.76. The lowest BCUT2D eigenvalue weighted by molar-refractivity contribution is -0.123. The first-order chi connectivity index (χ1) is 7.20. The average molecular weight is 227 g/mol. The number of carbonyl (C=O) groups is 1. The van der Waals surface area contributed by atoms with Gasteiger partial charge in [-0.25, -0.2) is 0 Å². The molecule has 0 bridgehead atoms. The summed E-state index contributed by atoms with van der Waals surface area (Å²) in [5.74, 6) is 0.413. The second-order valence-electron chi connectivity index (χ2n) is 3.97. The van der Waals surface area contributed by atoms with E-state index in [1.165, 1.54) is 0 Å². The van der Waals surface area contributed by atoms with Gasteiger partial charge in [-0.2, -0.15) is 0 Å². The van der Waals surface area contributed by atoms with Crippen LogP contribution in [0.25, 0.3) is 0 Å². The third-order valence-electron chi connectivity index (χ3n) is 2.90. The van der Waals surface area contributed by atoms with Gasteiger partial charge in [0, 0.05) is 17.4 Å². The molecule has 1 aliphatic carbocycles. The van der Waals surface area contributed by atoms with Crippen molar-refractivity contribution in [2.24, 2.45) is 5.92 Å². The second kappa shape index (κ2) is 6.12. The van der Waals surface area contributed by atoms with Crippen molar-refractivity contribution in [1.29, 1.82) is 0 Å². The van der Waals surface area contributed by atoms with Crippen LogP contribution in [0.4, 0.5) is 0 Å². The summed E-state index contributed by atoms with van der Waals surface area (Å²) in [5.41, 5.74) is 1.03. The number of Topliss-reactive ketones (excluding diaryl/α,β-unsaturated/α-hetero) is 1. The molecule has 2 heteroatoms. The Morgan fingerprint density at radius 3 is 2.80 bits per heavy atom. The number of carbonyl (C=O) groups excluding carboxylic acids is 1. The maximum Gasteiger partial charge on any atom is 0.140 e. The van der Waals surface area contributed by atoms with Crippen molar-refractivity contribution >= 4 is 17.4 Å². The van der Waals surface area contributed by atoms with E-state index >= 15 is 0 Å². The van der Waals surface area contributed by atoms with Gasteiger partial charge < -0.3 is 0 Å². The van der Waals surface area contributed by atoms with Crippen LogP contribution in [0.5, 0.6) is 0 Å². The van der Waals surface area contributed by atoms with E-state index < -0.39 is 0 Å². The number of halogens is 1. The predicted octanol–water partition coefficient (Wildman–Crippen LogP) is 4.22. The number of hydrogen-bond donors (Lipinski definition) is 0. The van der Waals surface area contributed by atoms with E-state index in [-0.39, 0.29) is 5.92 Å². The highest BCUT2D eigenvalue weighted by molar-refractivity contribution is 6.32. The fraction of sp³-hybridized carbons (Fsp3) is 0.615. The van der Waals surface area contributed by atoms with Gasteiger partial charge in [0.15, 0.2) is 0 Å². The van der Waals surface area contributed by atoms with Gasteiger partial charge in [-0.1, -0.05) is 37.1 Å². The first-order valence-electron chi connectivity index (χ1n) is 5.75. The molecular weight excluding hydrogens is 208 g/mol. The molecule has 15 heavy (non-hydrogen) atoms. The molecule has 84 valence electrons. The summed E-state index contributed by atoms with van der Waals surface area (Å²) in [7, 11) is 0. The molecule has 0 N–H and O–H groups in total. The number of ketones is 1. The molecular formula is C13H19ClO. The van der Waals surface area contributed by atoms with Gasteiger partial charge in [-0.05, 0) is 31.8 Å². The standard InChI is InChI=1S/C13H19ClO/c1-3-7-12(14)10(4-2)11-8-5-6-9-13(11)15/h4,7,11H,3,5-6,8-9H2,1-2H3/b10-4-,12-7+. The van der Waals surface area contributed by atoms with Crippen LogP contribution in [0.2, 0.25) is 0 Å². The number of allylic oxidation sites excluding steroid dienone is 4. The fourth-order valence-electron chi connectivity index (χ4n) is 2.11. The number of hydrogen-bond acceptors (Lipinski definition) is 1. The van der Waals surface area contributed by atoms with E-state index in [1.807, 2.05) is 19.1 Å². The highest BCUT2D eigenvalue weighted by Crippen LogP contribution is 2.32.